The standard InChI is InChI=1S/C16H27ClN4O/c1-12(2)11-21-16(17)14(13(3)19-21)10-18-7-6-15(22)20-8-4-5-9-20/h12,18H,4-11H2,1-3H3. The lowest BCUT2D eigenvalue weighted by molar-refractivity contribution is -0.130. The van der Waals surface area contributed by atoms with Gasteiger partial charge in [0.2, 0.25) is 5.91 Å². The van der Waals surface area contributed by atoms with Crippen LogP contribution in [-0.2, 0) is 17.9 Å². The fourth-order valence-corrected chi connectivity index (χ4v) is 3.10. The molecule has 6 heteroatoms. The summed E-state index contributed by atoms with van der Waals surface area (Å²) in [5.41, 5.74) is 2.00. The molecule has 0 bridgehead atoms. The first-order valence-electron chi connectivity index (χ1n) is 8.19. The van der Waals surface area contributed by atoms with Gasteiger partial charge in [-0.3, -0.25) is 9.48 Å². The number of carbonyl (C=O) groups excluding carboxylic acids is 1. The highest BCUT2D eigenvalue weighted by atomic mass is 35.5. The van der Waals surface area contributed by atoms with E-state index in [2.05, 4.69) is 24.3 Å². The van der Waals surface area contributed by atoms with Crippen LogP contribution in [0.25, 0.3) is 0 Å². The van der Waals surface area contributed by atoms with Crippen molar-refractivity contribution in [3.8, 4) is 0 Å². The molecule has 1 aliphatic heterocycles. The normalized spacial score (nSPS) is 15.0. The fourth-order valence-electron chi connectivity index (χ4n) is 2.79. The number of hydrogen-bond donors (Lipinski definition) is 1. The molecule has 0 unspecified atom stereocenters. The summed E-state index contributed by atoms with van der Waals surface area (Å²) in [4.78, 5) is 13.9. The maximum Gasteiger partial charge on any atom is 0.223 e. The molecule has 0 spiro atoms. The lowest BCUT2D eigenvalue weighted by Crippen LogP contribution is -2.30. The minimum atomic E-state index is 0.253. The molecule has 0 saturated carbocycles. The van der Waals surface area contributed by atoms with Gasteiger partial charge in [0.15, 0.2) is 0 Å². The van der Waals surface area contributed by atoms with Gasteiger partial charge in [0.25, 0.3) is 0 Å². The van der Waals surface area contributed by atoms with E-state index < -0.39 is 0 Å². The predicted molar refractivity (Wildman–Crippen MR) is 88.9 cm³/mol. The number of likely N-dealkylation sites (tertiary alicyclic amines) is 1. The largest absolute Gasteiger partial charge is 0.343 e. The van der Waals surface area contributed by atoms with Crippen LogP contribution in [0.2, 0.25) is 5.15 Å². The molecule has 0 aromatic carbocycles. The van der Waals surface area contributed by atoms with Gasteiger partial charge in [-0.05, 0) is 25.7 Å². The summed E-state index contributed by atoms with van der Waals surface area (Å²) < 4.78 is 1.87. The molecule has 0 radical (unpaired) electrons. The third-order valence-electron chi connectivity index (χ3n) is 4.00. The Morgan fingerprint density at radius 1 is 1.36 bits per heavy atom. The van der Waals surface area contributed by atoms with E-state index in [1.54, 1.807) is 0 Å². The number of aryl methyl sites for hydroxylation is 1. The Bertz CT molecular complexity index is 506. The molecule has 1 aliphatic rings. The number of halogens is 1. The van der Waals surface area contributed by atoms with Crippen LogP contribution < -0.4 is 5.32 Å². The van der Waals surface area contributed by atoms with Crippen LogP contribution in [0.4, 0.5) is 0 Å². The van der Waals surface area contributed by atoms with E-state index in [0.29, 0.717) is 30.6 Å². The van der Waals surface area contributed by atoms with Gasteiger partial charge in [0, 0.05) is 44.7 Å². The number of hydrogen-bond acceptors (Lipinski definition) is 3. The molecule has 2 rings (SSSR count). The highest BCUT2D eigenvalue weighted by Crippen LogP contribution is 2.20. The predicted octanol–water partition coefficient (Wildman–Crippen LogP) is 2.60. The second-order valence-corrected chi connectivity index (χ2v) is 6.80. The smallest absolute Gasteiger partial charge is 0.223 e. The minimum absolute atomic E-state index is 0.253. The van der Waals surface area contributed by atoms with Crippen molar-refractivity contribution in [2.45, 2.75) is 53.1 Å². The maximum absolute atomic E-state index is 12.0. The number of nitrogens with zero attached hydrogens (tertiary/aromatic N) is 3. The maximum atomic E-state index is 12.0. The summed E-state index contributed by atoms with van der Waals surface area (Å²) >= 11 is 6.40. The van der Waals surface area contributed by atoms with Crippen LogP contribution in [0.15, 0.2) is 0 Å². The summed E-state index contributed by atoms with van der Waals surface area (Å²) in [5.74, 6) is 0.763. The first-order chi connectivity index (χ1) is 10.5. The van der Waals surface area contributed by atoms with E-state index in [0.717, 1.165) is 43.7 Å². The highest BCUT2D eigenvalue weighted by Gasteiger charge is 2.17. The van der Waals surface area contributed by atoms with Crippen molar-refractivity contribution in [2.24, 2.45) is 5.92 Å². The molecule has 1 fully saturated rings. The summed E-state index contributed by atoms with van der Waals surface area (Å²) in [5, 5.41) is 8.53. The molecule has 2 heterocycles. The molecule has 0 atom stereocenters. The Labute approximate surface area is 138 Å². The van der Waals surface area contributed by atoms with Crippen molar-refractivity contribution in [1.82, 2.24) is 20.0 Å². The molecule has 1 amide bonds. The van der Waals surface area contributed by atoms with Crippen LogP contribution in [0.5, 0.6) is 0 Å². The van der Waals surface area contributed by atoms with E-state index >= 15 is 0 Å². The van der Waals surface area contributed by atoms with Crippen LogP contribution in [-0.4, -0.2) is 40.2 Å². The van der Waals surface area contributed by atoms with E-state index in [1.807, 2.05) is 16.5 Å². The van der Waals surface area contributed by atoms with Crippen LogP contribution >= 0.6 is 11.6 Å². The molecule has 1 saturated heterocycles. The quantitative estimate of drug-likeness (QED) is 0.784. The summed E-state index contributed by atoms with van der Waals surface area (Å²) in [7, 11) is 0. The van der Waals surface area contributed by atoms with Crippen molar-refractivity contribution in [2.75, 3.05) is 19.6 Å². The van der Waals surface area contributed by atoms with Gasteiger partial charge >= 0.3 is 0 Å². The molecule has 1 aromatic heterocycles. The lowest BCUT2D eigenvalue weighted by atomic mass is 10.2. The van der Waals surface area contributed by atoms with Gasteiger partial charge < -0.3 is 10.2 Å². The number of aromatic nitrogens is 2. The first-order valence-corrected chi connectivity index (χ1v) is 8.57. The van der Waals surface area contributed by atoms with E-state index in [4.69, 9.17) is 11.6 Å². The molecule has 1 aromatic rings. The van der Waals surface area contributed by atoms with E-state index in [-0.39, 0.29) is 5.91 Å². The number of rotatable bonds is 7. The first kappa shape index (κ1) is 17.3. The Hall–Kier alpha value is -1.07. The third kappa shape index (κ3) is 4.46. The summed E-state index contributed by atoms with van der Waals surface area (Å²) in [6.45, 7) is 10.3. The fraction of sp³-hybridized carbons (Fsp3) is 0.750. The summed E-state index contributed by atoms with van der Waals surface area (Å²) in [6, 6.07) is 0. The van der Waals surface area contributed by atoms with Crippen molar-refractivity contribution in [3.05, 3.63) is 16.4 Å². The zero-order valence-electron chi connectivity index (χ0n) is 13.9. The molecular weight excluding hydrogens is 300 g/mol. The second-order valence-electron chi connectivity index (χ2n) is 6.45. The topological polar surface area (TPSA) is 50.2 Å². The van der Waals surface area contributed by atoms with Crippen molar-refractivity contribution >= 4 is 17.5 Å². The third-order valence-corrected chi connectivity index (χ3v) is 4.42. The van der Waals surface area contributed by atoms with Gasteiger partial charge in [0.1, 0.15) is 5.15 Å². The zero-order chi connectivity index (χ0) is 16.1. The Balaban J connectivity index is 1.79. The van der Waals surface area contributed by atoms with E-state index in [1.165, 1.54) is 0 Å². The number of nitrogens with one attached hydrogen (secondary N) is 1. The van der Waals surface area contributed by atoms with Gasteiger partial charge in [0.05, 0.1) is 5.69 Å². The summed E-state index contributed by atoms with van der Waals surface area (Å²) in [6.07, 6.45) is 2.84. The SMILES string of the molecule is Cc1nn(CC(C)C)c(Cl)c1CNCCC(=O)N1CCCC1. The molecule has 124 valence electrons. The highest BCUT2D eigenvalue weighted by molar-refractivity contribution is 6.30. The molecule has 22 heavy (non-hydrogen) atoms. The number of amides is 1. The molecule has 5 nitrogen and oxygen atoms in total. The lowest BCUT2D eigenvalue weighted by Gasteiger charge is -2.15. The molecular formula is C16H27ClN4O. The van der Waals surface area contributed by atoms with Gasteiger partial charge in [-0.25, -0.2) is 0 Å². The average Bonchev–Trinajstić information content (AvgIpc) is 3.06. The van der Waals surface area contributed by atoms with Crippen LogP contribution in [0.1, 0.15) is 44.4 Å². The van der Waals surface area contributed by atoms with E-state index in [9.17, 15) is 4.79 Å². The van der Waals surface area contributed by atoms with Crippen molar-refractivity contribution < 1.29 is 4.79 Å². The second kappa shape index (κ2) is 7.97. The van der Waals surface area contributed by atoms with Crippen LogP contribution in [0.3, 0.4) is 0 Å². The van der Waals surface area contributed by atoms with Crippen LogP contribution in [0, 0.1) is 12.8 Å². The Morgan fingerprint density at radius 2 is 2.05 bits per heavy atom. The monoisotopic (exact) mass is 326 g/mol. The van der Waals surface area contributed by atoms with Gasteiger partial charge in [-0.15, -0.1) is 0 Å². The van der Waals surface area contributed by atoms with Gasteiger partial charge in [-0.1, -0.05) is 25.4 Å². The molecule has 1 N–H and O–H groups in total. The minimum Gasteiger partial charge on any atom is -0.343 e. The Kier molecular flexibility index (Phi) is 6.26. The zero-order valence-corrected chi connectivity index (χ0v) is 14.6. The van der Waals surface area contributed by atoms with Crippen molar-refractivity contribution in [3.63, 3.8) is 0 Å². The Morgan fingerprint density at radius 3 is 2.68 bits per heavy atom. The van der Waals surface area contributed by atoms with Crippen molar-refractivity contribution in [1.29, 1.82) is 0 Å². The number of carbonyl (C=O) groups is 1. The average molecular weight is 327 g/mol. The molecule has 0 aliphatic carbocycles. The van der Waals surface area contributed by atoms with Gasteiger partial charge in [-0.2, -0.15) is 5.10 Å².